The van der Waals surface area contributed by atoms with Crippen molar-refractivity contribution >= 4 is 10.4 Å². The van der Waals surface area contributed by atoms with Gasteiger partial charge in [0.05, 0.1) is 25.4 Å². The minimum absolute atomic E-state index is 0. The monoisotopic (exact) mass is 558 g/mol. The fourth-order valence-corrected chi connectivity index (χ4v) is 4.56. The molecule has 1 aliphatic rings. The van der Waals surface area contributed by atoms with Gasteiger partial charge < -0.3 is 41.8 Å². The third kappa shape index (κ3) is 15.5. The summed E-state index contributed by atoms with van der Waals surface area (Å²) in [7, 11) is -5.00. The van der Waals surface area contributed by atoms with Crippen LogP contribution >= 0.6 is 0 Å². The fourth-order valence-electron chi connectivity index (χ4n) is 4.05. The number of ether oxygens (including phenoxy) is 2. The van der Waals surface area contributed by atoms with Gasteiger partial charge in [-0.25, -0.2) is 4.18 Å². The lowest BCUT2D eigenvalue weighted by atomic mass is 9.99. The van der Waals surface area contributed by atoms with Gasteiger partial charge in [-0.15, -0.1) is 0 Å². The Morgan fingerprint density at radius 2 is 1.51 bits per heavy atom. The lowest BCUT2D eigenvalue weighted by Crippen LogP contribution is -2.61. The summed E-state index contributed by atoms with van der Waals surface area (Å²) in [6.45, 7) is 1.22. The molecule has 0 saturated carbocycles. The van der Waals surface area contributed by atoms with Gasteiger partial charge in [-0.2, -0.15) is 8.42 Å². The van der Waals surface area contributed by atoms with Crippen molar-refractivity contribution in [3.63, 3.8) is 0 Å². The normalized spacial score (nSPS) is 26.2. The molecule has 0 unspecified atom stereocenters. The van der Waals surface area contributed by atoms with Crippen molar-refractivity contribution in [1.82, 2.24) is 6.15 Å². The predicted molar refractivity (Wildman–Crippen MR) is 139 cm³/mol. The summed E-state index contributed by atoms with van der Waals surface area (Å²) < 4.78 is 45.8. The molecule has 0 aromatic heterocycles. The number of rotatable bonds is 20. The Morgan fingerprint density at radius 1 is 0.973 bits per heavy atom. The molecule has 222 valence electrons. The summed E-state index contributed by atoms with van der Waals surface area (Å²) >= 11 is 0. The van der Waals surface area contributed by atoms with E-state index in [-0.39, 0.29) is 12.8 Å². The first-order valence-corrected chi connectivity index (χ1v) is 14.5. The zero-order valence-corrected chi connectivity index (χ0v) is 22.9. The molecule has 1 rings (SSSR count). The SMILES string of the molecule is CCCCCCCCCCCCC/C=C/[C@@H](O)[C@@H](N)CO[C@@H]1O[C@H](CO)[C@H](O)[C@H](OS(=O)(=O)O)[C@H]1O.N. The van der Waals surface area contributed by atoms with Gasteiger partial charge in [-0.3, -0.25) is 4.55 Å². The summed E-state index contributed by atoms with van der Waals surface area (Å²) in [5, 5.41) is 39.8. The van der Waals surface area contributed by atoms with Gasteiger partial charge in [0.2, 0.25) is 0 Å². The van der Waals surface area contributed by atoms with Gasteiger partial charge in [-0.05, 0) is 12.8 Å². The second-order valence-electron chi connectivity index (χ2n) is 9.44. The van der Waals surface area contributed by atoms with Crippen molar-refractivity contribution in [2.24, 2.45) is 5.73 Å². The maximum Gasteiger partial charge on any atom is 0.397 e. The van der Waals surface area contributed by atoms with E-state index in [0.717, 1.165) is 19.3 Å². The van der Waals surface area contributed by atoms with Gasteiger partial charge in [0.15, 0.2) is 6.29 Å². The van der Waals surface area contributed by atoms with Crippen LogP contribution in [-0.2, 0) is 24.1 Å². The Labute approximate surface area is 221 Å². The van der Waals surface area contributed by atoms with Crippen molar-refractivity contribution in [3.8, 4) is 0 Å². The lowest BCUT2D eigenvalue weighted by molar-refractivity contribution is -0.298. The van der Waals surface area contributed by atoms with Crippen molar-refractivity contribution < 1.29 is 47.1 Å². The largest absolute Gasteiger partial charge is 0.397 e. The molecule has 10 N–H and O–H groups in total. The van der Waals surface area contributed by atoms with E-state index in [2.05, 4.69) is 11.1 Å². The Bertz CT molecular complexity index is 697. The number of unbranched alkanes of at least 4 members (excludes halogenated alkanes) is 11. The van der Waals surface area contributed by atoms with Crippen molar-refractivity contribution in [1.29, 1.82) is 0 Å². The molecular formula is C24H50N2O10S. The number of allylic oxidation sites excluding steroid dienone is 1. The highest BCUT2D eigenvalue weighted by Gasteiger charge is 2.47. The van der Waals surface area contributed by atoms with Crippen LogP contribution in [0, 0.1) is 0 Å². The van der Waals surface area contributed by atoms with Gasteiger partial charge in [0, 0.05) is 0 Å². The van der Waals surface area contributed by atoms with E-state index in [4.69, 9.17) is 19.8 Å². The topological polar surface area (TPSA) is 224 Å². The molecule has 0 bridgehead atoms. The standard InChI is InChI=1S/C24H47NO10S.H3N/c1-2-3-4-5-6-7-8-9-10-11-12-13-14-15-19(27)18(25)17-33-24-22(29)23(35-36(30,31)32)21(28)20(16-26)34-24;/h14-15,18-24,26-29H,2-13,16-17,25H2,1H3,(H,30,31,32);1H3/b15-14+;/t18-,19+,20+,21-,22+,23-,24+;/m0./s1. The number of hydrogen-bond donors (Lipinski definition) is 7. The van der Waals surface area contributed by atoms with Crippen LogP contribution in [-0.4, -0.2) is 89.5 Å². The zero-order chi connectivity index (χ0) is 27.0. The third-order valence-electron chi connectivity index (χ3n) is 6.25. The highest BCUT2D eigenvalue weighted by molar-refractivity contribution is 7.80. The second kappa shape index (κ2) is 20.2. The van der Waals surface area contributed by atoms with Gasteiger partial charge in [0.25, 0.3) is 0 Å². The van der Waals surface area contributed by atoms with Crippen LogP contribution in [0.1, 0.15) is 84.0 Å². The first-order valence-electron chi connectivity index (χ1n) is 13.1. The number of hydrogen-bond acceptors (Lipinski definition) is 11. The quantitative estimate of drug-likeness (QED) is 0.0644. The Kier molecular flexibility index (Phi) is 19.8. The van der Waals surface area contributed by atoms with Crippen LogP contribution in [0.4, 0.5) is 0 Å². The lowest BCUT2D eigenvalue weighted by Gasteiger charge is -2.41. The van der Waals surface area contributed by atoms with Gasteiger partial charge in [0.1, 0.15) is 24.4 Å². The predicted octanol–water partition coefficient (Wildman–Crippen LogP) is 1.74. The summed E-state index contributed by atoms with van der Waals surface area (Å²) in [6, 6.07) is -0.880. The van der Waals surface area contributed by atoms with Gasteiger partial charge in [-0.1, -0.05) is 83.3 Å². The third-order valence-corrected chi connectivity index (χ3v) is 6.72. The number of aliphatic hydroxyl groups excluding tert-OH is 4. The molecule has 0 radical (unpaired) electrons. The molecule has 7 atom stereocenters. The molecule has 0 amide bonds. The van der Waals surface area contributed by atoms with E-state index in [0.29, 0.717) is 0 Å². The highest BCUT2D eigenvalue weighted by Crippen LogP contribution is 2.25. The van der Waals surface area contributed by atoms with E-state index in [1.54, 1.807) is 6.08 Å². The van der Waals surface area contributed by atoms with Crippen LogP contribution < -0.4 is 11.9 Å². The smallest absolute Gasteiger partial charge is 0.394 e. The van der Waals surface area contributed by atoms with Crippen LogP contribution in [0.3, 0.4) is 0 Å². The molecule has 0 aromatic rings. The summed E-state index contributed by atoms with van der Waals surface area (Å²) in [4.78, 5) is 0. The van der Waals surface area contributed by atoms with E-state index in [1.165, 1.54) is 57.8 Å². The average molecular weight is 559 g/mol. The van der Waals surface area contributed by atoms with Crippen LogP contribution in [0.2, 0.25) is 0 Å². The minimum Gasteiger partial charge on any atom is -0.394 e. The van der Waals surface area contributed by atoms with E-state index >= 15 is 0 Å². The van der Waals surface area contributed by atoms with Crippen LogP contribution in [0.15, 0.2) is 12.2 Å². The number of nitrogens with two attached hydrogens (primary N) is 1. The minimum atomic E-state index is -5.00. The summed E-state index contributed by atoms with van der Waals surface area (Å²) in [5.74, 6) is 0. The van der Waals surface area contributed by atoms with Crippen molar-refractivity contribution in [2.75, 3.05) is 13.2 Å². The molecule has 1 saturated heterocycles. The van der Waals surface area contributed by atoms with Crippen molar-refractivity contribution in [2.45, 2.75) is 127 Å². The molecule has 1 fully saturated rings. The second-order valence-corrected chi connectivity index (χ2v) is 10.5. The first kappa shape index (κ1) is 36.3. The molecule has 1 heterocycles. The molecule has 1 aliphatic heterocycles. The molecule has 12 nitrogen and oxygen atoms in total. The molecular weight excluding hydrogens is 508 g/mol. The van der Waals surface area contributed by atoms with Crippen molar-refractivity contribution in [3.05, 3.63) is 12.2 Å². The summed E-state index contributed by atoms with van der Waals surface area (Å²) in [6.07, 6.45) is 8.83. The Hall–Kier alpha value is -0.710. The molecule has 0 aromatic carbocycles. The van der Waals surface area contributed by atoms with Crippen LogP contribution in [0.5, 0.6) is 0 Å². The molecule has 13 heteroatoms. The fraction of sp³-hybridized carbons (Fsp3) is 0.917. The zero-order valence-electron chi connectivity index (χ0n) is 22.1. The number of aliphatic hydroxyl groups is 4. The van der Waals surface area contributed by atoms with Crippen LogP contribution in [0.25, 0.3) is 0 Å². The van der Waals surface area contributed by atoms with E-state index in [9.17, 15) is 28.8 Å². The average Bonchev–Trinajstić information content (AvgIpc) is 2.83. The summed E-state index contributed by atoms with van der Waals surface area (Å²) in [5.41, 5.74) is 5.93. The Morgan fingerprint density at radius 3 is 2.03 bits per heavy atom. The van der Waals surface area contributed by atoms with E-state index < -0.39 is 59.9 Å². The molecule has 0 aliphatic carbocycles. The maximum absolute atomic E-state index is 11.0. The maximum atomic E-state index is 11.0. The highest BCUT2D eigenvalue weighted by atomic mass is 32.3. The first-order chi connectivity index (χ1) is 17.1. The Balaban J connectivity index is 0.0000130. The molecule has 37 heavy (non-hydrogen) atoms. The molecule has 0 spiro atoms. The van der Waals surface area contributed by atoms with E-state index in [1.807, 2.05) is 6.08 Å². The van der Waals surface area contributed by atoms with Gasteiger partial charge >= 0.3 is 10.4 Å².